The normalized spacial score (nSPS) is 11.2. The van der Waals surface area contributed by atoms with E-state index in [1.165, 1.54) is 4.88 Å². The molecule has 0 radical (unpaired) electrons. The van der Waals surface area contributed by atoms with Crippen LogP contribution in [0.2, 0.25) is 0 Å². The summed E-state index contributed by atoms with van der Waals surface area (Å²) in [5.74, 6) is 1.79. The zero-order valence-electron chi connectivity index (χ0n) is 13.7. The Bertz CT molecular complexity index is 847. The Balaban J connectivity index is 1.50. The third kappa shape index (κ3) is 4.07. The lowest BCUT2D eigenvalue weighted by molar-refractivity contribution is 0.202. The van der Waals surface area contributed by atoms with Crippen molar-refractivity contribution in [2.45, 2.75) is 19.6 Å². The molecule has 0 saturated heterocycles. The average molecular weight is 350 g/mol. The third-order valence-electron chi connectivity index (χ3n) is 3.93. The van der Waals surface area contributed by atoms with E-state index in [1.54, 1.807) is 17.6 Å². The standard InChI is InChI=1S/C20H18N2O2S/c1-2-6-16(7-3-1)20-12-18(24-21-20)14-22(13-17-8-4-10-23-17)15-19-9-5-11-25-19/h1-12H,13-15H2. The Morgan fingerprint density at radius 2 is 1.76 bits per heavy atom. The molecule has 0 saturated carbocycles. The molecule has 0 N–H and O–H groups in total. The first kappa shape index (κ1) is 15.9. The fourth-order valence-corrected chi connectivity index (χ4v) is 3.51. The van der Waals surface area contributed by atoms with Crippen molar-refractivity contribution in [1.29, 1.82) is 0 Å². The van der Waals surface area contributed by atoms with Crippen LogP contribution in [0.5, 0.6) is 0 Å². The summed E-state index contributed by atoms with van der Waals surface area (Å²) in [4.78, 5) is 3.61. The number of aromatic nitrogens is 1. The summed E-state index contributed by atoms with van der Waals surface area (Å²) < 4.78 is 11.1. The highest BCUT2D eigenvalue weighted by Crippen LogP contribution is 2.22. The molecule has 3 heterocycles. The highest BCUT2D eigenvalue weighted by atomic mass is 32.1. The summed E-state index contributed by atoms with van der Waals surface area (Å²) in [7, 11) is 0. The quantitative estimate of drug-likeness (QED) is 0.459. The van der Waals surface area contributed by atoms with Crippen molar-refractivity contribution in [2.24, 2.45) is 0 Å². The van der Waals surface area contributed by atoms with E-state index < -0.39 is 0 Å². The van der Waals surface area contributed by atoms with Gasteiger partial charge in [0.05, 0.1) is 19.4 Å². The zero-order chi connectivity index (χ0) is 16.9. The fourth-order valence-electron chi connectivity index (χ4n) is 2.77. The Morgan fingerprint density at radius 3 is 2.52 bits per heavy atom. The van der Waals surface area contributed by atoms with E-state index in [9.17, 15) is 0 Å². The second-order valence-electron chi connectivity index (χ2n) is 5.85. The van der Waals surface area contributed by atoms with Crippen LogP contribution in [0.1, 0.15) is 16.4 Å². The number of nitrogens with zero attached hydrogens (tertiary/aromatic N) is 2. The van der Waals surface area contributed by atoms with Gasteiger partial charge < -0.3 is 8.94 Å². The van der Waals surface area contributed by atoms with Crippen LogP contribution < -0.4 is 0 Å². The minimum absolute atomic E-state index is 0.679. The summed E-state index contributed by atoms with van der Waals surface area (Å²) in [5, 5.41) is 6.31. The van der Waals surface area contributed by atoms with E-state index in [-0.39, 0.29) is 0 Å². The van der Waals surface area contributed by atoms with Crippen LogP contribution in [-0.4, -0.2) is 10.1 Å². The van der Waals surface area contributed by atoms with Crippen molar-refractivity contribution in [3.63, 3.8) is 0 Å². The van der Waals surface area contributed by atoms with E-state index >= 15 is 0 Å². The van der Waals surface area contributed by atoms with Crippen molar-refractivity contribution in [3.8, 4) is 11.3 Å². The molecular weight excluding hydrogens is 332 g/mol. The van der Waals surface area contributed by atoms with Crippen LogP contribution in [-0.2, 0) is 19.6 Å². The second-order valence-corrected chi connectivity index (χ2v) is 6.88. The van der Waals surface area contributed by atoms with Crippen LogP contribution in [0.25, 0.3) is 11.3 Å². The minimum atomic E-state index is 0.679. The summed E-state index contributed by atoms with van der Waals surface area (Å²) in [6.45, 7) is 2.25. The van der Waals surface area contributed by atoms with E-state index in [1.807, 2.05) is 48.5 Å². The van der Waals surface area contributed by atoms with Gasteiger partial charge in [0.1, 0.15) is 11.5 Å². The molecule has 0 aliphatic carbocycles. The molecule has 5 heteroatoms. The molecule has 0 aliphatic heterocycles. The minimum Gasteiger partial charge on any atom is -0.468 e. The predicted octanol–water partition coefficient (Wildman–Crippen LogP) is 5.20. The molecule has 0 spiro atoms. The Labute approximate surface area is 150 Å². The number of benzene rings is 1. The van der Waals surface area contributed by atoms with Crippen molar-refractivity contribution in [1.82, 2.24) is 10.1 Å². The first-order chi connectivity index (χ1) is 12.4. The van der Waals surface area contributed by atoms with Crippen LogP contribution in [0.15, 0.2) is 81.2 Å². The molecule has 0 atom stereocenters. The molecule has 4 nitrogen and oxygen atoms in total. The van der Waals surface area contributed by atoms with Crippen LogP contribution in [0.4, 0.5) is 0 Å². The van der Waals surface area contributed by atoms with Crippen LogP contribution >= 0.6 is 11.3 Å². The van der Waals surface area contributed by atoms with Gasteiger partial charge in [0.25, 0.3) is 0 Å². The maximum atomic E-state index is 5.57. The Morgan fingerprint density at radius 1 is 0.880 bits per heavy atom. The van der Waals surface area contributed by atoms with Gasteiger partial charge in [0.2, 0.25) is 0 Å². The molecule has 0 bridgehead atoms. The first-order valence-corrected chi connectivity index (χ1v) is 9.03. The van der Waals surface area contributed by atoms with Crippen molar-refractivity contribution < 1.29 is 8.94 Å². The molecule has 0 amide bonds. The van der Waals surface area contributed by atoms with Gasteiger partial charge in [-0.3, -0.25) is 4.90 Å². The molecule has 4 aromatic rings. The Kier molecular flexibility index (Phi) is 4.77. The van der Waals surface area contributed by atoms with E-state index in [4.69, 9.17) is 8.94 Å². The number of thiophene rings is 1. The summed E-state index contributed by atoms with van der Waals surface area (Å²) in [6, 6.07) is 20.2. The maximum Gasteiger partial charge on any atom is 0.151 e. The van der Waals surface area contributed by atoms with Gasteiger partial charge in [-0.25, -0.2) is 0 Å². The largest absolute Gasteiger partial charge is 0.468 e. The van der Waals surface area contributed by atoms with E-state index in [0.717, 1.165) is 35.9 Å². The number of furan rings is 1. The van der Waals surface area contributed by atoms with Crippen molar-refractivity contribution >= 4 is 11.3 Å². The van der Waals surface area contributed by atoms with Gasteiger partial charge >= 0.3 is 0 Å². The summed E-state index contributed by atoms with van der Waals surface area (Å²) in [5.41, 5.74) is 1.93. The summed E-state index contributed by atoms with van der Waals surface area (Å²) in [6.07, 6.45) is 1.71. The maximum absolute atomic E-state index is 5.57. The Hall–Kier alpha value is -2.63. The molecule has 25 heavy (non-hydrogen) atoms. The molecular formula is C20H18N2O2S. The predicted molar refractivity (Wildman–Crippen MR) is 97.9 cm³/mol. The molecule has 0 aliphatic rings. The summed E-state index contributed by atoms with van der Waals surface area (Å²) >= 11 is 1.76. The number of hydrogen-bond acceptors (Lipinski definition) is 5. The first-order valence-electron chi connectivity index (χ1n) is 8.15. The molecule has 3 aromatic heterocycles. The van der Waals surface area contributed by atoms with Crippen molar-refractivity contribution in [3.05, 3.63) is 88.7 Å². The third-order valence-corrected chi connectivity index (χ3v) is 4.79. The number of rotatable bonds is 7. The molecule has 1 aromatic carbocycles. The van der Waals surface area contributed by atoms with Crippen LogP contribution in [0.3, 0.4) is 0 Å². The van der Waals surface area contributed by atoms with Crippen LogP contribution in [0, 0.1) is 0 Å². The second kappa shape index (κ2) is 7.51. The van der Waals surface area contributed by atoms with Gasteiger partial charge in [-0.15, -0.1) is 11.3 Å². The monoisotopic (exact) mass is 350 g/mol. The fraction of sp³-hybridized carbons (Fsp3) is 0.150. The molecule has 4 rings (SSSR count). The van der Waals surface area contributed by atoms with Gasteiger partial charge in [0, 0.05) is 23.1 Å². The van der Waals surface area contributed by atoms with Crippen molar-refractivity contribution in [2.75, 3.05) is 0 Å². The molecule has 0 fully saturated rings. The van der Waals surface area contributed by atoms with Gasteiger partial charge in [0.15, 0.2) is 5.76 Å². The molecule has 0 unspecified atom stereocenters. The lowest BCUT2D eigenvalue weighted by atomic mass is 10.1. The van der Waals surface area contributed by atoms with E-state index in [2.05, 4.69) is 27.6 Å². The van der Waals surface area contributed by atoms with Gasteiger partial charge in [-0.05, 0) is 23.6 Å². The lowest BCUT2D eigenvalue weighted by Gasteiger charge is -2.18. The highest BCUT2D eigenvalue weighted by Gasteiger charge is 2.14. The van der Waals surface area contributed by atoms with Gasteiger partial charge in [-0.1, -0.05) is 41.6 Å². The lowest BCUT2D eigenvalue weighted by Crippen LogP contribution is -2.21. The smallest absolute Gasteiger partial charge is 0.151 e. The molecule has 126 valence electrons. The number of hydrogen-bond donors (Lipinski definition) is 0. The SMILES string of the molecule is c1ccc(-c2cc(CN(Cc3ccco3)Cc3cccs3)on2)cc1. The highest BCUT2D eigenvalue weighted by molar-refractivity contribution is 7.09. The van der Waals surface area contributed by atoms with E-state index in [0.29, 0.717) is 6.54 Å². The van der Waals surface area contributed by atoms with Gasteiger partial charge in [-0.2, -0.15) is 0 Å². The average Bonchev–Trinajstić information content (AvgIpc) is 3.38. The topological polar surface area (TPSA) is 42.4 Å². The zero-order valence-corrected chi connectivity index (χ0v) is 14.5.